The van der Waals surface area contributed by atoms with Gasteiger partial charge in [-0.1, -0.05) is 0 Å². The zero-order chi connectivity index (χ0) is 9.26. The van der Waals surface area contributed by atoms with Gasteiger partial charge in [0, 0.05) is 18.6 Å². The number of hydrogen-bond donors (Lipinski definition) is 0. The van der Waals surface area contributed by atoms with E-state index in [1.54, 1.807) is 17.5 Å². The molecule has 2 heterocycles. The molecule has 0 saturated carbocycles. The van der Waals surface area contributed by atoms with Crippen LogP contribution in [0.25, 0.3) is 5.78 Å². The van der Waals surface area contributed by atoms with Crippen molar-refractivity contribution in [3.8, 4) is 0 Å². The van der Waals surface area contributed by atoms with E-state index in [9.17, 15) is 4.79 Å². The van der Waals surface area contributed by atoms with Crippen molar-refractivity contribution in [2.45, 2.75) is 13.3 Å². The number of carbonyl (C=O) groups is 1. The van der Waals surface area contributed by atoms with Gasteiger partial charge in [-0.05, 0) is 13.0 Å². The Bertz CT molecular complexity index is 414. The number of rotatable bonds is 2. The van der Waals surface area contributed by atoms with E-state index in [1.165, 1.54) is 0 Å². The molecule has 0 radical (unpaired) electrons. The largest absolute Gasteiger partial charge is 0.300 e. The molecule has 0 aromatic carbocycles. The Labute approximate surface area is 75.2 Å². The lowest BCUT2D eigenvalue weighted by atomic mass is 10.2. The molecule has 4 nitrogen and oxygen atoms in total. The number of nitrogens with zero attached hydrogens (tertiary/aromatic N) is 3. The molecule has 0 amide bonds. The Hall–Kier alpha value is -1.71. The highest BCUT2D eigenvalue weighted by atomic mass is 16.1. The number of ketones is 1. The average Bonchev–Trinajstić information content (AvgIpc) is 2.44. The van der Waals surface area contributed by atoms with Crippen LogP contribution >= 0.6 is 0 Å². The summed E-state index contributed by atoms with van der Waals surface area (Å²) in [5.41, 5.74) is 0.770. The lowest BCUT2D eigenvalue weighted by Gasteiger charge is -1.86. The van der Waals surface area contributed by atoms with Crippen LogP contribution in [0.2, 0.25) is 0 Å². The van der Waals surface area contributed by atoms with E-state index in [1.807, 2.05) is 18.5 Å². The van der Waals surface area contributed by atoms with Crippen molar-refractivity contribution in [2.24, 2.45) is 0 Å². The molecule has 0 unspecified atom stereocenters. The summed E-state index contributed by atoms with van der Waals surface area (Å²) in [4.78, 5) is 19.1. The maximum Gasteiger partial charge on any atom is 0.233 e. The first-order valence-corrected chi connectivity index (χ1v) is 4.04. The van der Waals surface area contributed by atoms with Gasteiger partial charge in [-0.15, -0.1) is 0 Å². The Morgan fingerprint density at radius 2 is 2.46 bits per heavy atom. The van der Waals surface area contributed by atoms with Gasteiger partial charge in [-0.3, -0.25) is 9.20 Å². The van der Waals surface area contributed by atoms with Crippen molar-refractivity contribution < 1.29 is 4.79 Å². The third-order valence-electron chi connectivity index (χ3n) is 1.72. The molecule has 4 heteroatoms. The predicted molar refractivity (Wildman–Crippen MR) is 47.4 cm³/mol. The summed E-state index contributed by atoms with van der Waals surface area (Å²) in [6.45, 7) is 1.55. The van der Waals surface area contributed by atoms with Crippen LogP contribution in [0.5, 0.6) is 0 Å². The summed E-state index contributed by atoms with van der Waals surface area (Å²) in [6, 6.07) is 1.83. The monoisotopic (exact) mass is 175 g/mol. The van der Waals surface area contributed by atoms with E-state index >= 15 is 0 Å². The molecule has 2 aromatic rings. The van der Waals surface area contributed by atoms with Gasteiger partial charge in [0.05, 0.1) is 12.1 Å². The third-order valence-corrected chi connectivity index (χ3v) is 1.72. The van der Waals surface area contributed by atoms with Crippen molar-refractivity contribution in [3.05, 3.63) is 30.4 Å². The summed E-state index contributed by atoms with van der Waals surface area (Å²) in [6.07, 6.45) is 5.74. The summed E-state index contributed by atoms with van der Waals surface area (Å²) < 4.78 is 1.80. The van der Waals surface area contributed by atoms with Gasteiger partial charge in [0.15, 0.2) is 0 Å². The number of fused-ring (bicyclic) bond motifs is 1. The molecule has 13 heavy (non-hydrogen) atoms. The van der Waals surface area contributed by atoms with E-state index in [0.717, 1.165) is 5.69 Å². The molecule has 0 saturated heterocycles. The first-order valence-electron chi connectivity index (χ1n) is 4.04. The zero-order valence-electron chi connectivity index (χ0n) is 7.27. The standard InChI is InChI=1S/C9H9N3O/c1-7(13)5-8-6-12-4-2-3-10-9(12)11-8/h2-4,6H,5H2,1H3. The molecule has 0 fully saturated rings. The zero-order valence-corrected chi connectivity index (χ0v) is 7.27. The van der Waals surface area contributed by atoms with E-state index < -0.39 is 0 Å². The van der Waals surface area contributed by atoms with Crippen LogP contribution in [-0.2, 0) is 11.2 Å². The van der Waals surface area contributed by atoms with Crippen LogP contribution in [0, 0.1) is 0 Å². The van der Waals surface area contributed by atoms with Gasteiger partial charge < -0.3 is 0 Å². The fraction of sp³-hybridized carbons (Fsp3) is 0.222. The highest BCUT2D eigenvalue weighted by molar-refractivity contribution is 5.77. The van der Waals surface area contributed by atoms with Crippen molar-refractivity contribution >= 4 is 11.6 Å². The van der Waals surface area contributed by atoms with Gasteiger partial charge in [-0.25, -0.2) is 9.97 Å². The molecule has 0 aliphatic rings. The molecule has 2 aromatic heterocycles. The normalized spacial score (nSPS) is 10.5. The molecule has 0 bridgehead atoms. The maximum absolute atomic E-state index is 10.8. The molecule has 2 rings (SSSR count). The first kappa shape index (κ1) is 7.91. The van der Waals surface area contributed by atoms with Gasteiger partial charge >= 0.3 is 0 Å². The summed E-state index contributed by atoms with van der Waals surface area (Å²) in [5, 5.41) is 0. The summed E-state index contributed by atoms with van der Waals surface area (Å²) >= 11 is 0. The van der Waals surface area contributed by atoms with E-state index in [-0.39, 0.29) is 5.78 Å². The van der Waals surface area contributed by atoms with Gasteiger partial charge in [0.1, 0.15) is 5.78 Å². The number of hydrogen-bond acceptors (Lipinski definition) is 3. The minimum atomic E-state index is 0.114. The van der Waals surface area contributed by atoms with E-state index in [0.29, 0.717) is 12.2 Å². The second kappa shape index (κ2) is 2.97. The Kier molecular flexibility index (Phi) is 1.81. The molecule has 0 atom stereocenters. The van der Waals surface area contributed by atoms with Crippen molar-refractivity contribution in [3.63, 3.8) is 0 Å². The maximum atomic E-state index is 10.8. The van der Waals surface area contributed by atoms with Crippen LogP contribution in [0.15, 0.2) is 24.7 Å². The lowest BCUT2D eigenvalue weighted by molar-refractivity contribution is -0.116. The predicted octanol–water partition coefficient (Wildman–Crippen LogP) is 0.861. The smallest absolute Gasteiger partial charge is 0.233 e. The Balaban J connectivity index is 2.44. The van der Waals surface area contributed by atoms with Crippen LogP contribution in [0.4, 0.5) is 0 Å². The topological polar surface area (TPSA) is 47.3 Å². The molecule has 0 N–H and O–H groups in total. The fourth-order valence-electron chi connectivity index (χ4n) is 1.22. The van der Waals surface area contributed by atoms with E-state index in [2.05, 4.69) is 9.97 Å². The number of carbonyl (C=O) groups excluding carboxylic acids is 1. The van der Waals surface area contributed by atoms with Crippen molar-refractivity contribution in [2.75, 3.05) is 0 Å². The highest BCUT2D eigenvalue weighted by Crippen LogP contribution is 2.02. The SMILES string of the molecule is CC(=O)Cc1cn2cccnc2n1. The van der Waals surface area contributed by atoms with E-state index in [4.69, 9.17) is 0 Å². The second-order valence-electron chi connectivity index (χ2n) is 2.94. The molecule has 0 spiro atoms. The number of imidazole rings is 1. The first-order chi connectivity index (χ1) is 6.25. The summed E-state index contributed by atoms with van der Waals surface area (Å²) in [7, 11) is 0. The molecular weight excluding hydrogens is 166 g/mol. The quantitative estimate of drug-likeness (QED) is 0.680. The van der Waals surface area contributed by atoms with Gasteiger partial charge in [0.2, 0.25) is 5.78 Å². The van der Waals surface area contributed by atoms with Crippen LogP contribution in [-0.4, -0.2) is 20.2 Å². The average molecular weight is 175 g/mol. The van der Waals surface area contributed by atoms with Crippen LogP contribution in [0.3, 0.4) is 0 Å². The Morgan fingerprint density at radius 1 is 1.62 bits per heavy atom. The van der Waals surface area contributed by atoms with Gasteiger partial charge in [-0.2, -0.15) is 0 Å². The molecular formula is C9H9N3O. The van der Waals surface area contributed by atoms with Crippen molar-refractivity contribution in [1.82, 2.24) is 14.4 Å². The minimum Gasteiger partial charge on any atom is -0.300 e. The fourth-order valence-corrected chi connectivity index (χ4v) is 1.22. The molecule has 0 aliphatic carbocycles. The lowest BCUT2D eigenvalue weighted by Crippen LogP contribution is -1.95. The molecule has 0 aliphatic heterocycles. The van der Waals surface area contributed by atoms with Crippen LogP contribution < -0.4 is 0 Å². The second-order valence-corrected chi connectivity index (χ2v) is 2.94. The highest BCUT2D eigenvalue weighted by Gasteiger charge is 2.03. The minimum absolute atomic E-state index is 0.114. The number of aromatic nitrogens is 3. The number of Topliss-reactive ketones (excluding diaryl/α,β-unsaturated/α-hetero) is 1. The summed E-state index contributed by atoms with van der Waals surface area (Å²) in [5.74, 6) is 0.752. The van der Waals surface area contributed by atoms with Crippen LogP contribution in [0.1, 0.15) is 12.6 Å². The third kappa shape index (κ3) is 1.56. The van der Waals surface area contributed by atoms with Gasteiger partial charge in [0.25, 0.3) is 0 Å². The van der Waals surface area contributed by atoms with Crippen molar-refractivity contribution in [1.29, 1.82) is 0 Å². The Morgan fingerprint density at radius 3 is 3.15 bits per heavy atom. The molecule has 66 valence electrons.